The largest absolute Gasteiger partial charge is 0.447 e. The Bertz CT molecular complexity index is 397. The van der Waals surface area contributed by atoms with Crippen LogP contribution in [0.5, 0.6) is 0 Å². The van der Waals surface area contributed by atoms with Crippen molar-refractivity contribution in [1.82, 2.24) is 4.90 Å². The number of halogens is 1. The lowest BCUT2D eigenvalue weighted by molar-refractivity contribution is 0.150. The molecule has 1 heterocycles. The van der Waals surface area contributed by atoms with E-state index in [1.807, 2.05) is 0 Å². The van der Waals surface area contributed by atoms with Crippen LogP contribution in [-0.2, 0) is 11.3 Å². The molecular weight excluding hydrogens is 213 g/mol. The number of ether oxygens (including phenoxy) is 1. The number of aliphatic hydroxyl groups is 1. The molecule has 16 heavy (non-hydrogen) atoms. The standard InChI is InChI=1S/C11H12FNO3/c12-10-4-2-1-3-8(10)5-13-9(6-14)7-16-11(13)15/h1-4,9,14H,5-7H2. The third-order valence-corrected chi connectivity index (χ3v) is 2.58. The molecule has 1 N–H and O–H groups in total. The van der Waals surface area contributed by atoms with Crippen molar-refractivity contribution < 1.29 is 19.0 Å². The van der Waals surface area contributed by atoms with E-state index in [2.05, 4.69) is 0 Å². The number of hydrogen-bond acceptors (Lipinski definition) is 3. The first-order valence-corrected chi connectivity index (χ1v) is 5.00. The van der Waals surface area contributed by atoms with Crippen molar-refractivity contribution in [2.75, 3.05) is 13.2 Å². The molecular formula is C11H12FNO3. The van der Waals surface area contributed by atoms with Gasteiger partial charge in [0.05, 0.1) is 19.2 Å². The van der Waals surface area contributed by atoms with Crippen LogP contribution >= 0.6 is 0 Å². The molecule has 1 aromatic rings. The van der Waals surface area contributed by atoms with Gasteiger partial charge in [-0.25, -0.2) is 9.18 Å². The van der Waals surface area contributed by atoms with E-state index >= 15 is 0 Å². The zero-order valence-corrected chi connectivity index (χ0v) is 8.60. The molecule has 1 aromatic carbocycles. The minimum Gasteiger partial charge on any atom is -0.447 e. The van der Waals surface area contributed by atoms with E-state index in [4.69, 9.17) is 9.84 Å². The number of amides is 1. The Morgan fingerprint density at radius 1 is 1.50 bits per heavy atom. The van der Waals surface area contributed by atoms with Gasteiger partial charge in [0.15, 0.2) is 0 Å². The monoisotopic (exact) mass is 225 g/mol. The van der Waals surface area contributed by atoms with Gasteiger partial charge in [0.1, 0.15) is 12.4 Å². The first-order valence-electron chi connectivity index (χ1n) is 5.00. The second-order valence-electron chi connectivity index (χ2n) is 3.63. The summed E-state index contributed by atoms with van der Waals surface area (Å²) in [6, 6.07) is 5.85. The van der Waals surface area contributed by atoms with Crippen LogP contribution < -0.4 is 0 Å². The first kappa shape index (κ1) is 10.9. The lowest BCUT2D eigenvalue weighted by atomic mass is 10.2. The Morgan fingerprint density at radius 2 is 2.25 bits per heavy atom. The van der Waals surface area contributed by atoms with E-state index in [1.54, 1.807) is 18.2 Å². The highest BCUT2D eigenvalue weighted by atomic mass is 19.1. The zero-order valence-electron chi connectivity index (χ0n) is 8.60. The second-order valence-corrected chi connectivity index (χ2v) is 3.63. The van der Waals surface area contributed by atoms with Crippen LogP contribution in [0.25, 0.3) is 0 Å². The second kappa shape index (κ2) is 4.49. The van der Waals surface area contributed by atoms with Gasteiger partial charge in [-0.05, 0) is 6.07 Å². The van der Waals surface area contributed by atoms with E-state index in [9.17, 15) is 9.18 Å². The first-order chi connectivity index (χ1) is 7.72. The van der Waals surface area contributed by atoms with Crippen molar-refractivity contribution in [2.45, 2.75) is 12.6 Å². The van der Waals surface area contributed by atoms with E-state index in [0.717, 1.165) is 0 Å². The van der Waals surface area contributed by atoms with Crippen molar-refractivity contribution in [3.05, 3.63) is 35.6 Å². The number of nitrogens with zero attached hydrogens (tertiary/aromatic N) is 1. The third kappa shape index (κ3) is 1.99. The molecule has 1 saturated heterocycles. The topological polar surface area (TPSA) is 49.8 Å². The predicted octanol–water partition coefficient (Wildman–Crippen LogP) is 1.14. The SMILES string of the molecule is O=C1OCC(CO)N1Cc1ccccc1F. The number of rotatable bonds is 3. The van der Waals surface area contributed by atoms with Gasteiger partial charge in [-0.1, -0.05) is 18.2 Å². The third-order valence-electron chi connectivity index (χ3n) is 2.58. The number of cyclic esters (lactones) is 1. The van der Waals surface area contributed by atoms with E-state index in [0.29, 0.717) is 5.56 Å². The Morgan fingerprint density at radius 3 is 2.94 bits per heavy atom. The number of carbonyl (C=O) groups is 1. The summed E-state index contributed by atoms with van der Waals surface area (Å²) in [6.45, 7) is 0.0979. The van der Waals surface area contributed by atoms with Gasteiger partial charge < -0.3 is 9.84 Å². The van der Waals surface area contributed by atoms with Gasteiger partial charge in [-0.3, -0.25) is 4.90 Å². The molecule has 86 valence electrons. The van der Waals surface area contributed by atoms with Crippen molar-refractivity contribution in [1.29, 1.82) is 0 Å². The Balaban J connectivity index is 2.14. The van der Waals surface area contributed by atoms with Crippen molar-refractivity contribution in [3.8, 4) is 0 Å². The summed E-state index contributed by atoms with van der Waals surface area (Å²) in [5.74, 6) is -0.362. The highest BCUT2D eigenvalue weighted by Crippen LogP contribution is 2.17. The molecule has 0 radical (unpaired) electrons. The van der Waals surface area contributed by atoms with Gasteiger partial charge in [-0.2, -0.15) is 0 Å². The summed E-state index contributed by atoms with van der Waals surface area (Å²) in [4.78, 5) is 12.7. The molecule has 0 aromatic heterocycles. The number of carbonyl (C=O) groups excluding carboxylic acids is 1. The van der Waals surface area contributed by atoms with Crippen LogP contribution in [0.15, 0.2) is 24.3 Å². The molecule has 0 bridgehead atoms. The van der Waals surface area contributed by atoms with Gasteiger partial charge >= 0.3 is 6.09 Å². The summed E-state index contributed by atoms with van der Waals surface area (Å²) in [7, 11) is 0. The molecule has 0 spiro atoms. The summed E-state index contributed by atoms with van der Waals surface area (Å²) in [5.41, 5.74) is 0.416. The average Bonchev–Trinajstić information content (AvgIpc) is 2.63. The Kier molecular flexibility index (Phi) is 3.05. The highest BCUT2D eigenvalue weighted by Gasteiger charge is 2.32. The molecule has 1 atom stereocenters. The van der Waals surface area contributed by atoms with Crippen LogP contribution in [0.3, 0.4) is 0 Å². The molecule has 4 nitrogen and oxygen atoms in total. The summed E-state index contributed by atoms with van der Waals surface area (Å²) in [6.07, 6.45) is -0.512. The molecule has 1 aliphatic heterocycles. The maximum atomic E-state index is 13.4. The highest BCUT2D eigenvalue weighted by molar-refractivity contribution is 5.70. The van der Waals surface area contributed by atoms with Gasteiger partial charge in [0, 0.05) is 5.56 Å². The van der Waals surface area contributed by atoms with E-state index < -0.39 is 6.09 Å². The maximum absolute atomic E-state index is 13.4. The van der Waals surface area contributed by atoms with Crippen LogP contribution in [0.1, 0.15) is 5.56 Å². The smallest absolute Gasteiger partial charge is 0.410 e. The Hall–Kier alpha value is -1.62. The zero-order chi connectivity index (χ0) is 11.5. The van der Waals surface area contributed by atoms with Gasteiger partial charge in [0.25, 0.3) is 0 Å². The van der Waals surface area contributed by atoms with Crippen LogP contribution in [0, 0.1) is 5.82 Å². The maximum Gasteiger partial charge on any atom is 0.410 e. The van der Waals surface area contributed by atoms with Gasteiger partial charge in [-0.15, -0.1) is 0 Å². The van der Waals surface area contributed by atoms with Crippen LogP contribution in [-0.4, -0.2) is 35.4 Å². The summed E-state index contributed by atoms with van der Waals surface area (Å²) < 4.78 is 18.1. The lowest BCUT2D eigenvalue weighted by Gasteiger charge is -2.19. The summed E-state index contributed by atoms with van der Waals surface area (Å²) >= 11 is 0. The van der Waals surface area contributed by atoms with E-state index in [1.165, 1.54) is 11.0 Å². The Labute approximate surface area is 92.2 Å². The number of aliphatic hydroxyl groups excluding tert-OH is 1. The van der Waals surface area contributed by atoms with Crippen LogP contribution in [0.4, 0.5) is 9.18 Å². The van der Waals surface area contributed by atoms with E-state index in [-0.39, 0.29) is 31.6 Å². The summed E-state index contributed by atoms with van der Waals surface area (Å²) in [5, 5.41) is 9.03. The minimum atomic E-state index is -0.512. The molecule has 0 aliphatic carbocycles. The number of benzene rings is 1. The minimum absolute atomic E-state index is 0.122. The normalized spacial score (nSPS) is 20.0. The fourth-order valence-corrected chi connectivity index (χ4v) is 1.64. The predicted molar refractivity (Wildman–Crippen MR) is 54.2 cm³/mol. The number of hydrogen-bond donors (Lipinski definition) is 1. The molecule has 1 unspecified atom stereocenters. The fraction of sp³-hybridized carbons (Fsp3) is 0.364. The average molecular weight is 225 g/mol. The van der Waals surface area contributed by atoms with Crippen molar-refractivity contribution >= 4 is 6.09 Å². The van der Waals surface area contributed by atoms with Gasteiger partial charge in [0.2, 0.25) is 0 Å². The molecule has 5 heteroatoms. The molecule has 2 rings (SSSR count). The molecule has 1 fully saturated rings. The van der Waals surface area contributed by atoms with Crippen molar-refractivity contribution in [2.24, 2.45) is 0 Å². The molecule has 0 saturated carbocycles. The van der Waals surface area contributed by atoms with Crippen molar-refractivity contribution in [3.63, 3.8) is 0 Å². The quantitative estimate of drug-likeness (QED) is 0.839. The van der Waals surface area contributed by atoms with Crippen LogP contribution in [0.2, 0.25) is 0 Å². The fourth-order valence-electron chi connectivity index (χ4n) is 1.64. The molecule has 1 aliphatic rings. The lowest BCUT2D eigenvalue weighted by Crippen LogP contribution is -2.35. The molecule has 1 amide bonds.